The molecule has 0 aliphatic carbocycles. The van der Waals surface area contributed by atoms with Gasteiger partial charge in [-0.1, -0.05) is 0 Å². The van der Waals surface area contributed by atoms with Crippen molar-refractivity contribution in [1.82, 2.24) is 19.2 Å². The van der Waals surface area contributed by atoms with Gasteiger partial charge in [-0.25, -0.2) is 18.2 Å². The third kappa shape index (κ3) is 4.20. The van der Waals surface area contributed by atoms with Crippen LogP contribution >= 0.6 is 0 Å². The Morgan fingerprint density at radius 3 is 2.53 bits per heavy atom. The molecule has 0 saturated heterocycles. The predicted octanol–water partition coefficient (Wildman–Crippen LogP) is 4.55. The van der Waals surface area contributed by atoms with Crippen LogP contribution in [-0.2, 0) is 13.2 Å². The Kier molecular flexibility index (Phi) is 5.46. The minimum Gasteiger partial charge on any atom is -0.485 e. The molecule has 0 fully saturated rings. The smallest absolute Gasteiger partial charge is 0.180 e. The lowest BCUT2D eigenvalue weighted by Gasteiger charge is -2.17. The highest BCUT2D eigenvalue weighted by Gasteiger charge is 2.20. The second-order valence-corrected chi connectivity index (χ2v) is 8.65. The van der Waals surface area contributed by atoms with E-state index in [2.05, 4.69) is 10.1 Å². The van der Waals surface area contributed by atoms with Gasteiger partial charge < -0.3 is 10.5 Å². The first-order valence-electron chi connectivity index (χ1n) is 10.1. The van der Waals surface area contributed by atoms with E-state index in [9.17, 15) is 13.2 Å². The molecule has 0 radical (unpaired) electrons. The fourth-order valence-electron chi connectivity index (χ4n) is 3.65. The van der Waals surface area contributed by atoms with Crippen LogP contribution < -0.4 is 10.5 Å². The van der Waals surface area contributed by atoms with Crippen LogP contribution in [0.15, 0.2) is 36.8 Å². The van der Waals surface area contributed by atoms with Crippen molar-refractivity contribution in [2.24, 2.45) is 5.73 Å². The molecule has 2 N–H and O–H groups in total. The van der Waals surface area contributed by atoms with Gasteiger partial charge in [0.05, 0.1) is 29.7 Å². The van der Waals surface area contributed by atoms with Crippen molar-refractivity contribution in [3.63, 3.8) is 0 Å². The molecule has 0 saturated carbocycles. The molecule has 32 heavy (non-hydrogen) atoms. The standard InChI is InChI=1S/C23H24F3N5O/c1-13-7-19(32-11-16-17(24)5-6-18(25)20(16)26)22-29-14(2)21(31(22)9-13)15-8-28-30(10-15)12-23(3,4)27/h5-10H,11-12,27H2,1-4H3. The highest BCUT2D eigenvalue weighted by atomic mass is 19.2. The van der Waals surface area contributed by atoms with Crippen LogP contribution in [0.3, 0.4) is 0 Å². The van der Waals surface area contributed by atoms with Crippen LogP contribution in [0.4, 0.5) is 13.2 Å². The van der Waals surface area contributed by atoms with E-state index >= 15 is 0 Å². The van der Waals surface area contributed by atoms with E-state index in [-0.39, 0.29) is 0 Å². The third-order valence-corrected chi connectivity index (χ3v) is 4.98. The molecular formula is C23H24F3N5O. The summed E-state index contributed by atoms with van der Waals surface area (Å²) >= 11 is 0. The predicted molar refractivity (Wildman–Crippen MR) is 115 cm³/mol. The van der Waals surface area contributed by atoms with Crippen molar-refractivity contribution in [2.75, 3.05) is 0 Å². The monoisotopic (exact) mass is 443 g/mol. The van der Waals surface area contributed by atoms with E-state index in [4.69, 9.17) is 10.5 Å². The van der Waals surface area contributed by atoms with Crippen molar-refractivity contribution in [3.8, 4) is 17.0 Å². The van der Waals surface area contributed by atoms with Gasteiger partial charge in [0.2, 0.25) is 0 Å². The van der Waals surface area contributed by atoms with Crippen molar-refractivity contribution in [1.29, 1.82) is 0 Å². The Hall–Kier alpha value is -3.33. The molecular weight excluding hydrogens is 419 g/mol. The Morgan fingerprint density at radius 2 is 1.81 bits per heavy atom. The topological polar surface area (TPSA) is 70.4 Å². The van der Waals surface area contributed by atoms with Crippen LogP contribution in [0.5, 0.6) is 5.75 Å². The second-order valence-electron chi connectivity index (χ2n) is 8.65. The number of rotatable bonds is 6. The summed E-state index contributed by atoms with van der Waals surface area (Å²) in [5.74, 6) is -2.93. The number of benzene rings is 1. The molecule has 0 atom stereocenters. The van der Waals surface area contributed by atoms with E-state index < -0.39 is 35.2 Å². The molecule has 0 spiro atoms. The SMILES string of the molecule is Cc1cc(OCc2c(F)ccc(F)c2F)c2nc(C)c(-c3cnn(CC(C)(C)N)c3)n2c1. The van der Waals surface area contributed by atoms with Gasteiger partial charge in [0.25, 0.3) is 0 Å². The lowest BCUT2D eigenvalue weighted by atomic mass is 10.1. The third-order valence-electron chi connectivity index (χ3n) is 4.98. The number of imidazole rings is 1. The van der Waals surface area contributed by atoms with Gasteiger partial charge in [0.1, 0.15) is 12.4 Å². The van der Waals surface area contributed by atoms with E-state index in [1.165, 1.54) is 0 Å². The number of hydrogen-bond acceptors (Lipinski definition) is 4. The van der Waals surface area contributed by atoms with E-state index in [1.54, 1.807) is 16.9 Å². The molecule has 6 nitrogen and oxygen atoms in total. The zero-order valence-electron chi connectivity index (χ0n) is 18.3. The van der Waals surface area contributed by atoms with Gasteiger partial charge in [-0.05, 0) is 51.5 Å². The fourth-order valence-corrected chi connectivity index (χ4v) is 3.65. The second kappa shape index (κ2) is 7.98. The summed E-state index contributed by atoms with van der Waals surface area (Å²) < 4.78 is 50.9. The van der Waals surface area contributed by atoms with Crippen LogP contribution in [0, 0.1) is 31.3 Å². The van der Waals surface area contributed by atoms with Gasteiger partial charge in [-0.3, -0.25) is 9.08 Å². The Balaban J connectivity index is 1.72. The molecule has 0 unspecified atom stereocenters. The maximum Gasteiger partial charge on any atom is 0.180 e. The van der Waals surface area contributed by atoms with Gasteiger partial charge in [0, 0.05) is 23.5 Å². The number of halogens is 3. The van der Waals surface area contributed by atoms with Gasteiger partial charge in [-0.15, -0.1) is 0 Å². The van der Waals surface area contributed by atoms with Crippen LogP contribution in [-0.4, -0.2) is 24.7 Å². The zero-order chi connectivity index (χ0) is 23.2. The highest BCUT2D eigenvalue weighted by Crippen LogP contribution is 2.31. The molecule has 168 valence electrons. The molecule has 9 heteroatoms. The summed E-state index contributed by atoms with van der Waals surface area (Å²) in [5, 5.41) is 4.40. The van der Waals surface area contributed by atoms with Gasteiger partial charge in [-0.2, -0.15) is 5.10 Å². The summed E-state index contributed by atoms with van der Waals surface area (Å²) in [6, 6.07) is 3.34. The summed E-state index contributed by atoms with van der Waals surface area (Å²) in [5.41, 5.74) is 8.92. The Bertz CT molecular complexity index is 1300. The number of nitrogens with two attached hydrogens (primary N) is 1. The molecule has 0 amide bonds. The summed E-state index contributed by atoms with van der Waals surface area (Å²) in [6.07, 6.45) is 5.53. The number of pyridine rings is 1. The van der Waals surface area contributed by atoms with E-state index in [0.717, 1.165) is 34.6 Å². The molecule has 0 aliphatic rings. The maximum absolute atomic E-state index is 14.0. The molecule has 3 heterocycles. The summed E-state index contributed by atoms with van der Waals surface area (Å²) in [6.45, 7) is 7.64. The Morgan fingerprint density at radius 1 is 1.09 bits per heavy atom. The number of fused-ring (bicyclic) bond motifs is 1. The number of nitrogens with zero attached hydrogens (tertiary/aromatic N) is 4. The van der Waals surface area contributed by atoms with E-state index in [1.807, 2.05) is 44.5 Å². The molecule has 3 aromatic heterocycles. The van der Waals surface area contributed by atoms with Crippen molar-refractivity contribution in [2.45, 2.75) is 46.4 Å². The quantitative estimate of drug-likeness (QED) is 0.444. The largest absolute Gasteiger partial charge is 0.485 e. The first kappa shape index (κ1) is 21.9. The highest BCUT2D eigenvalue weighted by molar-refractivity contribution is 5.69. The van der Waals surface area contributed by atoms with Crippen LogP contribution in [0.2, 0.25) is 0 Å². The minimum atomic E-state index is -1.26. The van der Waals surface area contributed by atoms with Crippen LogP contribution in [0.25, 0.3) is 16.9 Å². The average Bonchev–Trinajstić information content (AvgIpc) is 3.26. The minimum absolute atomic E-state index is 0.331. The normalized spacial score (nSPS) is 12.0. The lowest BCUT2D eigenvalue weighted by Crippen LogP contribution is -2.37. The van der Waals surface area contributed by atoms with Crippen molar-refractivity contribution in [3.05, 3.63) is 71.1 Å². The summed E-state index contributed by atoms with van der Waals surface area (Å²) in [7, 11) is 0. The van der Waals surface area contributed by atoms with Crippen LogP contribution in [0.1, 0.15) is 30.7 Å². The van der Waals surface area contributed by atoms with Gasteiger partial charge >= 0.3 is 0 Å². The van der Waals surface area contributed by atoms with E-state index in [0.29, 0.717) is 17.9 Å². The van der Waals surface area contributed by atoms with Crippen molar-refractivity contribution < 1.29 is 17.9 Å². The molecule has 1 aromatic carbocycles. The zero-order valence-corrected chi connectivity index (χ0v) is 18.3. The Labute approximate surface area is 183 Å². The lowest BCUT2D eigenvalue weighted by molar-refractivity contribution is 0.291. The maximum atomic E-state index is 14.0. The molecule has 4 aromatic rings. The number of aromatic nitrogens is 4. The molecule has 0 bridgehead atoms. The van der Waals surface area contributed by atoms with Crippen molar-refractivity contribution >= 4 is 5.65 Å². The number of hydrogen-bond donors (Lipinski definition) is 1. The number of aryl methyl sites for hydroxylation is 2. The number of ether oxygens (including phenoxy) is 1. The van der Waals surface area contributed by atoms with Gasteiger partial charge in [0.15, 0.2) is 23.0 Å². The molecule has 4 rings (SSSR count). The average molecular weight is 443 g/mol. The first-order chi connectivity index (χ1) is 15.0. The molecule has 0 aliphatic heterocycles. The summed E-state index contributed by atoms with van der Waals surface area (Å²) in [4.78, 5) is 4.60. The fraction of sp³-hybridized carbons (Fsp3) is 0.304. The first-order valence-corrected chi connectivity index (χ1v) is 10.1.